The summed E-state index contributed by atoms with van der Waals surface area (Å²) in [4.78, 5) is 16.2. The minimum atomic E-state index is -3.16. The van der Waals surface area contributed by atoms with Crippen molar-refractivity contribution in [1.29, 1.82) is 0 Å². The van der Waals surface area contributed by atoms with E-state index >= 15 is 0 Å². The van der Waals surface area contributed by atoms with Crippen LogP contribution in [0.3, 0.4) is 0 Å². The van der Waals surface area contributed by atoms with E-state index in [9.17, 15) is 13.2 Å². The van der Waals surface area contributed by atoms with Crippen LogP contribution in [0, 0.1) is 0 Å². The summed E-state index contributed by atoms with van der Waals surface area (Å²) >= 11 is 0. The van der Waals surface area contributed by atoms with Crippen molar-refractivity contribution in [2.45, 2.75) is 6.92 Å². The molecule has 6 nitrogen and oxygen atoms in total. The quantitative estimate of drug-likeness (QED) is 0.796. The maximum absolute atomic E-state index is 12.4. The molecule has 1 aromatic carbocycles. The average molecular weight is 325 g/mol. The third-order valence-electron chi connectivity index (χ3n) is 3.89. The number of rotatable bonds is 5. The van der Waals surface area contributed by atoms with Crippen LogP contribution in [-0.2, 0) is 14.8 Å². The van der Waals surface area contributed by atoms with Crippen molar-refractivity contribution in [3.63, 3.8) is 0 Å². The van der Waals surface area contributed by atoms with Gasteiger partial charge in [-0.15, -0.1) is 0 Å². The van der Waals surface area contributed by atoms with Gasteiger partial charge in [0.1, 0.15) is 0 Å². The lowest BCUT2D eigenvalue weighted by molar-refractivity contribution is -0.130. The van der Waals surface area contributed by atoms with Gasteiger partial charge in [-0.1, -0.05) is 18.2 Å². The SMILES string of the molecule is CCN(CC(=O)N1CCN(S(C)(=O)=O)CC1)c1ccccc1. The topological polar surface area (TPSA) is 60.9 Å². The first-order chi connectivity index (χ1) is 10.4. The van der Waals surface area contributed by atoms with E-state index in [0.717, 1.165) is 12.2 Å². The molecule has 0 radical (unpaired) electrons. The summed E-state index contributed by atoms with van der Waals surface area (Å²) in [5.74, 6) is 0.0406. The first-order valence-corrected chi connectivity index (χ1v) is 9.29. The maximum Gasteiger partial charge on any atom is 0.242 e. The summed E-state index contributed by atoms with van der Waals surface area (Å²) in [6.07, 6.45) is 1.21. The van der Waals surface area contributed by atoms with Gasteiger partial charge in [0.2, 0.25) is 15.9 Å². The number of carbonyl (C=O) groups is 1. The fourth-order valence-corrected chi connectivity index (χ4v) is 3.38. The highest BCUT2D eigenvalue weighted by atomic mass is 32.2. The number of benzene rings is 1. The number of hydrogen-bond acceptors (Lipinski definition) is 4. The Kier molecular flexibility index (Phi) is 5.42. The number of amides is 1. The van der Waals surface area contributed by atoms with Crippen LogP contribution >= 0.6 is 0 Å². The molecule has 0 atom stereocenters. The van der Waals surface area contributed by atoms with E-state index < -0.39 is 10.0 Å². The second kappa shape index (κ2) is 7.11. The molecule has 0 bridgehead atoms. The van der Waals surface area contributed by atoms with Gasteiger partial charge in [-0.2, -0.15) is 4.31 Å². The van der Waals surface area contributed by atoms with Crippen LogP contribution in [0.4, 0.5) is 5.69 Å². The molecule has 0 N–H and O–H groups in total. The minimum absolute atomic E-state index is 0.0406. The highest BCUT2D eigenvalue weighted by Gasteiger charge is 2.26. The number of anilines is 1. The predicted molar refractivity (Wildman–Crippen MR) is 87.3 cm³/mol. The molecule has 122 valence electrons. The van der Waals surface area contributed by atoms with E-state index in [1.165, 1.54) is 10.6 Å². The molecule has 1 saturated heterocycles. The van der Waals surface area contributed by atoms with Crippen molar-refractivity contribution in [3.8, 4) is 0 Å². The molecule has 0 spiro atoms. The molecule has 22 heavy (non-hydrogen) atoms. The van der Waals surface area contributed by atoms with Gasteiger partial charge in [0.25, 0.3) is 0 Å². The summed E-state index contributed by atoms with van der Waals surface area (Å²) in [5.41, 5.74) is 1.02. The van der Waals surface area contributed by atoms with Crippen LogP contribution in [-0.4, -0.2) is 69.1 Å². The lowest BCUT2D eigenvalue weighted by Gasteiger charge is -2.34. The molecule has 1 aliphatic heterocycles. The Morgan fingerprint density at radius 3 is 2.23 bits per heavy atom. The molecule has 7 heteroatoms. The Balaban J connectivity index is 1.93. The lowest BCUT2D eigenvalue weighted by atomic mass is 10.2. The summed E-state index contributed by atoms with van der Waals surface area (Å²) in [6, 6.07) is 9.82. The van der Waals surface area contributed by atoms with Gasteiger partial charge in [-0.3, -0.25) is 4.79 Å². The van der Waals surface area contributed by atoms with E-state index in [4.69, 9.17) is 0 Å². The Morgan fingerprint density at radius 1 is 1.14 bits per heavy atom. The van der Waals surface area contributed by atoms with Gasteiger partial charge in [-0.05, 0) is 19.1 Å². The Labute approximate surface area is 132 Å². The zero-order valence-corrected chi connectivity index (χ0v) is 13.9. The Morgan fingerprint density at radius 2 is 1.73 bits per heavy atom. The van der Waals surface area contributed by atoms with Crippen LogP contribution in [0.25, 0.3) is 0 Å². The van der Waals surface area contributed by atoms with Crippen molar-refractivity contribution >= 4 is 21.6 Å². The van der Waals surface area contributed by atoms with Gasteiger partial charge in [0.15, 0.2) is 0 Å². The van der Waals surface area contributed by atoms with Crippen molar-refractivity contribution in [2.24, 2.45) is 0 Å². The fourth-order valence-electron chi connectivity index (χ4n) is 2.56. The van der Waals surface area contributed by atoms with E-state index in [1.54, 1.807) is 4.90 Å². The van der Waals surface area contributed by atoms with E-state index in [-0.39, 0.29) is 5.91 Å². The molecular formula is C15H23N3O3S. The Hall–Kier alpha value is -1.60. The van der Waals surface area contributed by atoms with Gasteiger partial charge >= 0.3 is 0 Å². The molecule has 0 aliphatic carbocycles. The summed E-state index contributed by atoms with van der Waals surface area (Å²) in [7, 11) is -3.16. The van der Waals surface area contributed by atoms with Crippen LogP contribution in [0.5, 0.6) is 0 Å². The molecule has 0 saturated carbocycles. The standard InChI is InChI=1S/C15H23N3O3S/c1-3-16(14-7-5-4-6-8-14)13-15(19)17-9-11-18(12-10-17)22(2,20)21/h4-8H,3,9-13H2,1-2H3. The number of piperazine rings is 1. The van der Waals surface area contributed by atoms with Crippen LogP contribution < -0.4 is 4.90 Å². The average Bonchev–Trinajstić information content (AvgIpc) is 2.52. The summed E-state index contributed by atoms with van der Waals surface area (Å²) in [5, 5.41) is 0. The molecule has 1 fully saturated rings. The number of para-hydroxylation sites is 1. The van der Waals surface area contributed by atoms with Crippen molar-refractivity contribution in [1.82, 2.24) is 9.21 Å². The highest BCUT2D eigenvalue weighted by molar-refractivity contribution is 7.88. The lowest BCUT2D eigenvalue weighted by Crippen LogP contribution is -2.52. The summed E-state index contributed by atoms with van der Waals surface area (Å²) < 4.78 is 24.4. The smallest absolute Gasteiger partial charge is 0.242 e. The Bertz CT molecular complexity index is 596. The fraction of sp³-hybridized carbons (Fsp3) is 0.533. The van der Waals surface area contributed by atoms with Crippen LogP contribution in [0.2, 0.25) is 0 Å². The molecule has 0 unspecified atom stereocenters. The van der Waals surface area contributed by atoms with Gasteiger partial charge in [0, 0.05) is 38.4 Å². The molecular weight excluding hydrogens is 302 g/mol. The normalized spacial score (nSPS) is 16.5. The van der Waals surface area contributed by atoms with Gasteiger partial charge in [0.05, 0.1) is 12.8 Å². The first-order valence-electron chi connectivity index (χ1n) is 7.44. The number of sulfonamides is 1. The van der Waals surface area contributed by atoms with E-state index in [2.05, 4.69) is 0 Å². The number of likely N-dealkylation sites (N-methyl/N-ethyl adjacent to an activating group) is 1. The molecule has 1 heterocycles. The second-order valence-electron chi connectivity index (χ2n) is 5.39. The van der Waals surface area contributed by atoms with Crippen molar-refractivity contribution < 1.29 is 13.2 Å². The number of nitrogens with zero attached hydrogens (tertiary/aromatic N) is 3. The molecule has 1 aromatic rings. The first kappa shape index (κ1) is 16.8. The number of carbonyl (C=O) groups excluding carboxylic acids is 1. The maximum atomic E-state index is 12.4. The van der Waals surface area contributed by atoms with Crippen LogP contribution in [0.15, 0.2) is 30.3 Å². The van der Waals surface area contributed by atoms with Crippen molar-refractivity contribution in [2.75, 3.05) is 50.4 Å². The minimum Gasteiger partial charge on any atom is -0.362 e. The van der Waals surface area contributed by atoms with E-state index in [1.807, 2.05) is 42.2 Å². The zero-order chi connectivity index (χ0) is 16.2. The molecule has 2 rings (SSSR count). The van der Waals surface area contributed by atoms with Crippen molar-refractivity contribution in [3.05, 3.63) is 30.3 Å². The second-order valence-corrected chi connectivity index (χ2v) is 7.37. The molecule has 0 aromatic heterocycles. The summed E-state index contributed by atoms with van der Waals surface area (Å²) in [6.45, 7) is 4.75. The van der Waals surface area contributed by atoms with Crippen LogP contribution in [0.1, 0.15) is 6.92 Å². The number of hydrogen-bond donors (Lipinski definition) is 0. The molecule has 1 amide bonds. The van der Waals surface area contributed by atoms with Gasteiger partial charge < -0.3 is 9.80 Å². The van der Waals surface area contributed by atoms with Gasteiger partial charge in [-0.25, -0.2) is 8.42 Å². The third-order valence-corrected chi connectivity index (χ3v) is 5.19. The largest absolute Gasteiger partial charge is 0.362 e. The third kappa shape index (κ3) is 4.20. The molecule has 1 aliphatic rings. The predicted octanol–water partition coefficient (Wildman–Crippen LogP) is 0.617. The zero-order valence-electron chi connectivity index (χ0n) is 13.1. The monoisotopic (exact) mass is 325 g/mol. The highest BCUT2D eigenvalue weighted by Crippen LogP contribution is 2.13. The van der Waals surface area contributed by atoms with E-state index in [0.29, 0.717) is 32.7 Å².